The Morgan fingerprint density at radius 1 is 0.957 bits per heavy atom. The second kappa shape index (κ2) is 11.2. The molecule has 0 saturated heterocycles. The molecule has 0 bridgehead atoms. The average Bonchev–Trinajstić information content (AvgIpc) is 3.73. The summed E-state index contributed by atoms with van der Waals surface area (Å²) in [5.41, 5.74) is 11.2. The molecule has 228 valence electrons. The first kappa shape index (κ1) is 28.3. The van der Waals surface area contributed by atoms with Gasteiger partial charge in [0.25, 0.3) is 11.5 Å². The lowest BCUT2D eigenvalue weighted by Gasteiger charge is -2.09. The summed E-state index contributed by atoms with van der Waals surface area (Å²) >= 11 is 0. The molecule has 12 heteroatoms. The maximum absolute atomic E-state index is 13.1. The van der Waals surface area contributed by atoms with Crippen molar-refractivity contribution in [3.8, 4) is 39.8 Å². The van der Waals surface area contributed by atoms with E-state index >= 15 is 0 Å². The first-order valence-corrected chi connectivity index (χ1v) is 14.3. The van der Waals surface area contributed by atoms with Gasteiger partial charge in [0.05, 0.1) is 17.4 Å². The summed E-state index contributed by atoms with van der Waals surface area (Å²) in [5, 5.41) is 7.66. The van der Waals surface area contributed by atoms with E-state index in [-0.39, 0.29) is 11.4 Å². The molecule has 0 fully saturated rings. The van der Waals surface area contributed by atoms with Crippen molar-refractivity contribution >= 4 is 28.4 Å². The second-order valence-corrected chi connectivity index (χ2v) is 10.8. The minimum atomic E-state index is -0.522. The topological polar surface area (TPSA) is 148 Å². The Morgan fingerprint density at radius 2 is 1.74 bits per heavy atom. The molecule has 3 aromatic carbocycles. The molecule has 3 N–H and O–H groups in total. The number of amides is 1. The zero-order valence-corrected chi connectivity index (χ0v) is 25.1. The predicted octanol–water partition coefficient (Wildman–Crippen LogP) is 5.71. The van der Waals surface area contributed by atoms with Crippen molar-refractivity contribution in [2.75, 3.05) is 11.1 Å². The Kier molecular flexibility index (Phi) is 6.93. The minimum absolute atomic E-state index is 0.0187. The van der Waals surface area contributed by atoms with Crippen LogP contribution in [0.2, 0.25) is 0 Å². The van der Waals surface area contributed by atoms with Crippen LogP contribution in [-0.4, -0.2) is 35.0 Å². The van der Waals surface area contributed by atoms with Crippen LogP contribution in [0.4, 0.5) is 11.4 Å². The Labute approximate surface area is 262 Å². The van der Waals surface area contributed by atoms with Gasteiger partial charge in [-0.15, -0.1) is 0 Å². The first-order valence-electron chi connectivity index (χ1n) is 14.3. The lowest BCUT2D eigenvalue weighted by Crippen LogP contribution is -2.25. The van der Waals surface area contributed by atoms with E-state index < -0.39 is 11.5 Å². The lowest BCUT2D eigenvalue weighted by atomic mass is 10.0. The van der Waals surface area contributed by atoms with E-state index in [2.05, 4.69) is 20.4 Å². The standard InChI is InChI=1S/C34H28N8O4/c1-20-7-11-25(12-8-20)42-34(44)27(18-41(42)3)31(43)39-24-9-13-26(14-10-24)45-32-29-28(21-5-4-6-23(35)15-21)30(22-16-38-40(2)17-22)46-33(29)37-19-36-32/h4-19H,35H2,1-3H3,(H,39,43). The fourth-order valence-corrected chi connectivity index (χ4v) is 5.31. The van der Waals surface area contributed by atoms with E-state index in [9.17, 15) is 9.59 Å². The number of nitrogen functional groups attached to an aromatic ring is 1. The Hall–Kier alpha value is -6.43. The van der Waals surface area contributed by atoms with Gasteiger partial charge in [0.1, 0.15) is 28.8 Å². The van der Waals surface area contributed by atoms with Crippen LogP contribution in [-0.2, 0) is 14.1 Å². The normalized spacial score (nSPS) is 11.2. The number of nitrogens with two attached hydrogens (primary N) is 1. The zero-order valence-electron chi connectivity index (χ0n) is 25.1. The number of carbonyl (C=O) groups excluding carboxylic acids is 1. The number of nitrogens with zero attached hydrogens (tertiary/aromatic N) is 6. The highest BCUT2D eigenvalue weighted by Crippen LogP contribution is 2.44. The number of furan rings is 1. The molecule has 0 spiro atoms. The number of aryl methyl sites for hydroxylation is 3. The number of benzene rings is 3. The number of ether oxygens (including phenoxy) is 1. The minimum Gasteiger partial charge on any atom is -0.438 e. The number of hydrogen-bond acceptors (Lipinski definition) is 8. The van der Waals surface area contributed by atoms with Crippen LogP contribution in [0.1, 0.15) is 15.9 Å². The highest BCUT2D eigenvalue weighted by Gasteiger charge is 2.24. The molecule has 0 aliphatic rings. The van der Waals surface area contributed by atoms with Crippen LogP contribution in [0.15, 0.2) is 107 Å². The van der Waals surface area contributed by atoms with Crippen LogP contribution in [0.25, 0.3) is 39.2 Å². The predicted molar refractivity (Wildman–Crippen MR) is 174 cm³/mol. The third-order valence-corrected chi connectivity index (χ3v) is 7.50. The van der Waals surface area contributed by atoms with Crippen LogP contribution < -0.4 is 21.3 Å². The number of nitrogens with one attached hydrogen (secondary N) is 1. The van der Waals surface area contributed by atoms with Crippen LogP contribution in [0.5, 0.6) is 11.6 Å². The smallest absolute Gasteiger partial charge is 0.284 e. The summed E-state index contributed by atoms with van der Waals surface area (Å²) in [7, 11) is 3.54. The monoisotopic (exact) mass is 612 g/mol. The van der Waals surface area contributed by atoms with Gasteiger partial charge < -0.3 is 20.2 Å². The van der Waals surface area contributed by atoms with E-state index in [1.807, 2.05) is 62.6 Å². The lowest BCUT2D eigenvalue weighted by molar-refractivity contribution is 0.102. The Morgan fingerprint density at radius 3 is 2.46 bits per heavy atom. The van der Waals surface area contributed by atoms with Crippen molar-refractivity contribution in [2.45, 2.75) is 6.92 Å². The summed E-state index contributed by atoms with van der Waals surface area (Å²) < 4.78 is 17.2. The van der Waals surface area contributed by atoms with E-state index in [0.717, 1.165) is 16.7 Å². The van der Waals surface area contributed by atoms with Gasteiger partial charge in [-0.2, -0.15) is 5.10 Å². The fraction of sp³-hybridized carbons (Fsp3) is 0.0882. The Bertz CT molecular complexity index is 2290. The summed E-state index contributed by atoms with van der Waals surface area (Å²) in [6.07, 6.45) is 6.44. The summed E-state index contributed by atoms with van der Waals surface area (Å²) in [6.45, 7) is 1.97. The molecule has 0 radical (unpaired) electrons. The quantitative estimate of drug-likeness (QED) is 0.217. The second-order valence-electron chi connectivity index (χ2n) is 10.8. The van der Waals surface area contributed by atoms with E-state index in [1.165, 1.54) is 17.2 Å². The molecular formula is C34H28N8O4. The number of aromatic nitrogens is 6. The van der Waals surface area contributed by atoms with Gasteiger partial charge in [-0.1, -0.05) is 29.8 Å². The Balaban J connectivity index is 1.18. The molecule has 0 aliphatic heterocycles. The zero-order chi connectivity index (χ0) is 31.9. The van der Waals surface area contributed by atoms with Crippen molar-refractivity contribution in [1.82, 2.24) is 29.1 Å². The van der Waals surface area contributed by atoms with Gasteiger partial charge in [-0.25, -0.2) is 14.6 Å². The van der Waals surface area contributed by atoms with Crippen molar-refractivity contribution in [3.63, 3.8) is 0 Å². The molecule has 0 saturated carbocycles. The number of fused-ring (bicyclic) bond motifs is 1. The van der Waals surface area contributed by atoms with Crippen molar-refractivity contribution in [2.24, 2.45) is 14.1 Å². The van der Waals surface area contributed by atoms with E-state index in [1.54, 1.807) is 52.9 Å². The molecule has 4 heterocycles. The highest BCUT2D eigenvalue weighted by molar-refractivity contribution is 6.04. The van der Waals surface area contributed by atoms with Crippen LogP contribution >= 0.6 is 0 Å². The average molecular weight is 613 g/mol. The van der Waals surface area contributed by atoms with Gasteiger partial charge in [-0.3, -0.25) is 19.0 Å². The number of carbonyl (C=O) groups is 1. The maximum Gasteiger partial charge on any atom is 0.284 e. The molecule has 0 atom stereocenters. The SMILES string of the molecule is Cc1ccc(-n2c(=O)c(C(=O)Nc3ccc(Oc4ncnc5oc(-c6cnn(C)c6)c(-c6cccc(N)c6)c45)cc3)cn2C)cc1. The first-order chi connectivity index (χ1) is 22.2. The van der Waals surface area contributed by atoms with Crippen molar-refractivity contribution in [3.05, 3.63) is 119 Å². The van der Waals surface area contributed by atoms with Gasteiger partial charge in [0.2, 0.25) is 11.6 Å². The van der Waals surface area contributed by atoms with Gasteiger partial charge in [0.15, 0.2) is 0 Å². The van der Waals surface area contributed by atoms with Crippen LogP contribution in [0, 0.1) is 6.92 Å². The highest BCUT2D eigenvalue weighted by atomic mass is 16.5. The molecular weight excluding hydrogens is 584 g/mol. The maximum atomic E-state index is 13.1. The van der Waals surface area contributed by atoms with Crippen molar-refractivity contribution in [1.29, 1.82) is 0 Å². The van der Waals surface area contributed by atoms with E-state index in [4.69, 9.17) is 14.9 Å². The molecule has 0 aliphatic carbocycles. The molecule has 46 heavy (non-hydrogen) atoms. The molecule has 1 amide bonds. The summed E-state index contributed by atoms with van der Waals surface area (Å²) in [4.78, 5) is 35.1. The van der Waals surface area contributed by atoms with Crippen molar-refractivity contribution < 1.29 is 13.9 Å². The van der Waals surface area contributed by atoms with Gasteiger partial charge >= 0.3 is 0 Å². The summed E-state index contributed by atoms with van der Waals surface area (Å²) in [6, 6.07) is 21.7. The molecule has 7 aromatic rings. The number of hydrogen-bond donors (Lipinski definition) is 2. The van der Waals surface area contributed by atoms with Gasteiger partial charge in [0, 0.05) is 43.4 Å². The molecule has 4 aromatic heterocycles. The largest absolute Gasteiger partial charge is 0.438 e. The number of rotatable bonds is 7. The van der Waals surface area contributed by atoms with E-state index in [0.29, 0.717) is 45.2 Å². The molecule has 0 unspecified atom stereocenters. The molecule has 12 nitrogen and oxygen atoms in total. The van der Waals surface area contributed by atoms with Crippen LogP contribution in [0.3, 0.4) is 0 Å². The van der Waals surface area contributed by atoms with Gasteiger partial charge in [-0.05, 0) is 61.0 Å². The third kappa shape index (κ3) is 5.17. The molecule has 7 rings (SSSR count). The number of anilines is 2. The fourth-order valence-electron chi connectivity index (χ4n) is 5.31. The third-order valence-electron chi connectivity index (χ3n) is 7.50. The summed E-state index contributed by atoms with van der Waals surface area (Å²) in [5.74, 6) is 0.770.